The number of benzene rings is 1. The van der Waals surface area contributed by atoms with Crippen LogP contribution in [0.1, 0.15) is 41.1 Å². The fourth-order valence-corrected chi connectivity index (χ4v) is 1.77. The van der Waals surface area contributed by atoms with Gasteiger partial charge in [-0.05, 0) is 31.5 Å². The van der Waals surface area contributed by atoms with Gasteiger partial charge in [0.2, 0.25) is 0 Å². The molecular weight excluding hydrogens is 268 g/mol. The minimum atomic E-state index is -0.337. The SMILES string of the molecule is CC[C@H](C)NC(=O)c1ccccc1NC(=O)c1ccn[nH]1. The van der Waals surface area contributed by atoms with Crippen LogP contribution in [0.3, 0.4) is 0 Å². The van der Waals surface area contributed by atoms with Crippen LogP contribution in [0.15, 0.2) is 36.5 Å². The first kappa shape index (κ1) is 14.8. The zero-order valence-corrected chi connectivity index (χ0v) is 12.0. The van der Waals surface area contributed by atoms with Gasteiger partial charge in [0.05, 0.1) is 11.3 Å². The molecule has 0 saturated heterocycles. The van der Waals surface area contributed by atoms with Gasteiger partial charge in [-0.25, -0.2) is 0 Å². The fourth-order valence-electron chi connectivity index (χ4n) is 1.77. The lowest BCUT2D eigenvalue weighted by Crippen LogP contribution is -2.32. The summed E-state index contributed by atoms with van der Waals surface area (Å²) >= 11 is 0. The molecular formula is C15H18N4O2. The fraction of sp³-hybridized carbons (Fsp3) is 0.267. The second-order valence-corrected chi connectivity index (χ2v) is 4.75. The highest BCUT2D eigenvalue weighted by atomic mass is 16.2. The summed E-state index contributed by atoms with van der Waals surface area (Å²) in [5, 5.41) is 11.9. The number of hydrogen-bond donors (Lipinski definition) is 3. The van der Waals surface area contributed by atoms with Crippen LogP contribution < -0.4 is 10.6 Å². The number of carbonyl (C=O) groups excluding carboxylic acids is 2. The zero-order chi connectivity index (χ0) is 15.2. The Morgan fingerprint density at radius 3 is 2.67 bits per heavy atom. The number of para-hydroxylation sites is 1. The molecule has 0 saturated carbocycles. The van der Waals surface area contributed by atoms with Crippen molar-refractivity contribution in [1.29, 1.82) is 0 Å². The predicted octanol–water partition coefficient (Wildman–Crippen LogP) is 2.19. The van der Waals surface area contributed by atoms with Gasteiger partial charge in [0.15, 0.2) is 0 Å². The molecule has 2 rings (SSSR count). The van der Waals surface area contributed by atoms with Crippen LogP contribution in [-0.4, -0.2) is 28.1 Å². The average Bonchev–Trinajstić information content (AvgIpc) is 3.01. The van der Waals surface area contributed by atoms with E-state index in [-0.39, 0.29) is 17.9 Å². The first-order valence-electron chi connectivity index (χ1n) is 6.82. The molecule has 0 aliphatic rings. The first-order valence-corrected chi connectivity index (χ1v) is 6.82. The molecule has 1 aromatic heterocycles. The molecule has 0 bridgehead atoms. The Hall–Kier alpha value is -2.63. The summed E-state index contributed by atoms with van der Waals surface area (Å²) in [6, 6.07) is 8.55. The minimum absolute atomic E-state index is 0.0777. The van der Waals surface area contributed by atoms with Crippen LogP contribution in [0.25, 0.3) is 0 Å². The second-order valence-electron chi connectivity index (χ2n) is 4.75. The third-order valence-electron chi connectivity index (χ3n) is 3.16. The summed E-state index contributed by atoms with van der Waals surface area (Å²) < 4.78 is 0. The number of anilines is 1. The van der Waals surface area contributed by atoms with Crippen molar-refractivity contribution in [2.45, 2.75) is 26.3 Å². The van der Waals surface area contributed by atoms with Crippen LogP contribution in [0.5, 0.6) is 0 Å². The molecule has 21 heavy (non-hydrogen) atoms. The van der Waals surface area contributed by atoms with E-state index in [0.29, 0.717) is 16.9 Å². The van der Waals surface area contributed by atoms with Crippen LogP contribution >= 0.6 is 0 Å². The Kier molecular flexibility index (Phi) is 4.71. The third-order valence-corrected chi connectivity index (χ3v) is 3.16. The maximum atomic E-state index is 12.2. The number of rotatable bonds is 5. The molecule has 1 atom stereocenters. The number of H-pyrrole nitrogens is 1. The van der Waals surface area contributed by atoms with Gasteiger partial charge in [-0.15, -0.1) is 0 Å². The van der Waals surface area contributed by atoms with Gasteiger partial charge in [0.25, 0.3) is 11.8 Å². The molecule has 0 fully saturated rings. The largest absolute Gasteiger partial charge is 0.350 e. The van der Waals surface area contributed by atoms with Crippen LogP contribution in [-0.2, 0) is 0 Å². The van der Waals surface area contributed by atoms with Gasteiger partial charge in [0, 0.05) is 12.2 Å². The summed E-state index contributed by atoms with van der Waals surface area (Å²) in [5.41, 5.74) is 1.25. The Bertz CT molecular complexity index is 622. The van der Waals surface area contributed by atoms with Crippen molar-refractivity contribution >= 4 is 17.5 Å². The van der Waals surface area contributed by atoms with Crippen molar-refractivity contribution in [2.24, 2.45) is 0 Å². The molecule has 2 aromatic rings. The molecule has 1 aromatic carbocycles. The quantitative estimate of drug-likeness (QED) is 0.787. The Morgan fingerprint density at radius 1 is 1.24 bits per heavy atom. The van der Waals surface area contributed by atoms with E-state index in [0.717, 1.165) is 6.42 Å². The smallest absolute Gasteiger partial charge is 0.273 e. The predicted molar refractivity (Wildman–Crippen MR) is 80.2 cm³/mol. The van der Waals surface area contributed by atoms with Crippen molar-refractivity contribution < 1.29 is 9.59 Å². The molecule has 0 radical (unpaired) electrons. The number of carbonyl (C=O) groups is 2. The van der Waals surface area contributed by atoms with Crippen LogP contribution in [0.4, 0.5) is 5.69 Å². The molecule has 0 spiro atoms. The second kappa shape index (κ2) is 6.69. The summed E-state index contributed by atoms with van der Waals surface area (Å²) in [4.78, 5) is 24.2. The van der Waals surface area contributed by atoms with Crippen LogP contribution in [0, 0.1) is 0 Å². The van der Waals surface area contributed by atoms with Crippen molar-refractivity contribution in [1.82, 2.24) is 15.5 Å². The summed E-state index contributed by atoms with van der Waals surface area (Å²) in [6.45, 7) is 3.93. The van der Waals surface area contributed by atoms with Crippen molar-refractivity contribution in [2.75, 3.05) is 5.32 Å². The molecule has 0 unspecified atom stereocenters. The number of aromatic nitrogens is 2. The summed E-state index contributed by atoms with van der Waals surface area (Å²) in [6.07, 6.45) is 2.34. The van der Waals surface area contributed by atoms with E-state index in [2.05, 4.69) is 20.8 Å². The van der Waals surface area contributed by atoms with Crippen molar-refractivity contribution in [3.05, 3.63) is 47.8 Å². The van der Waals surface area contributed by atoms with Crippen molar-refractivity contribution in [3.8, 4) is 0 Å². The monoisotopic (exact) mass is 286 g/mol. The van der Waals surface area contributed by atoms with E-state index in [4.69, 9.17) is 0 Å². The zero-order valence-electron chi connectivity index (χ0n) is 12.0. The van der Waals surface area contributed by atoms with Gasteiger partial charge < -0.3 is 10.6 Å². The molecule has 1 heterocycles. The van der Waals surface area contributed by atoms with Gasteiger partial charge in [-0.1, -0.05) is 19.1 Å². The minimum Gasteiger partial charge on any atom is -0.350 e. The normalized spacial score (nSPS) is 11.7. The lowest BCUT2D eigenvalue weighted by molar-refractivity contribution is 0.0940. The lowest BCUT2D eigenvalue weighted by atomic mass is 10.1. The molecule has 2 amide bonds. The number of nitrogens with one attached hydrogen (secondary N) is 3. The average molecular weight is 286 g/mol. The van der Waals surface area contributed by atoms with E-state index in [9.17, 15) is 9.59 Å². The number of aromatic amines is 1. The Balaban J connectivity index is 2.17. The number of hydrogen-bond acceptors (Lipinski definition) is 3. The molecule has 6 heteroatoms. The third kappa shape index (κ3) is 3.68. The lowest BCUT2D eigenvalue weighted by Gasteiger charge is -2.14. The Labute approximate surface area is 122 Å². The molecule has 0 aliphatic carbocycles. The first-order chi connectivity index (χ1) is 10.1. The number of nitrogens with zero attached hydrogens (tertiary/aromatic N) is 1. The molecule has 6 nitrogen and oxygen atoms in total. The molecule has 110 valence electrons. The summed E-state index contributed by atoms with van der Waals surface area (Å²) in [5.74, 6) is -0.541. The number of amides is 2. The van der Waals surface area contributed by atoms with Crippen molar-refractivity contribution in [3.63, 3.8) is 0 Å². The standard InChI is InChI=1S/C15H18N4O2/c1-3-10(2)17-14(20)11-6-4-5-7-12(11)18-15(21)13-8-9-16-19-13/h4-10H,3H2,1-2H3,(H,16,19)(H,17,20)(H,18,21)/t10-/m0/s1. The van der Waals surface area contributed by atoms with E-state index < -0.39 is 0 Å². The highest BCUT2D eigenvalue weighted by Gasteiger charge is 2.15. The highest BCUT2D eigenvalue weighted by molar-refractivity contribution is 6.08. The van der Waals surface area contributed by atoms with Crippen LogP contribution in [0.2, 0.25) is 0 Å². The summed E-state index contributed by atoms with van der Waals surface area (Å²) in [7, 11) is 0. The highest BCUT2D eigenvalue weighted by Crippen LogP contribution is 2.16. The van der Waals surface area contributed by atoms with Gasteiger partial charge >= 0.3 is 0 Å². The Morgan fingerprint density at radius 2 is 2.00 bits per heavy atom. The maximum absolute atomic E-state index is 12.2. The molecule has 0 aliphatic heterocycles. The van der Waals surface area contributed by atoms with Gasteiger partial charge in [-0.2, -0.15) is 5.10 Å². The van der Waals surface area contributed by atoms with E-state index in [1.165, 1.54) is 6.20 Å². The molecule has 3 N–H and O–H groups in total. The van der Waals surface area contributed by atoms with Gasteiger partial charge in [0.1, 0.15) is 5.69 Å². The maximum Gasteiger partial charge on any atom is 0.273 e. The van der Waals surface area contributed by atoms with E-state index in [1.54, 1.807) is 30.3 Å². The van der Waals surface area contributed by atoms with E-state index in [1.807, 2.05) is 13.8 Å². The topological polar surface area (TPSA) is 86.9 Å². The van der Waals surface area contributed by atoms with E-state index >= 15 is 0 Å². The van der Waals surface area contributed by atoms with Gasteiger partial charge in [-0.3, -0.25) is 14.7 Å².